The smallest absolute Gasteiger partial charge is 0.162 e. The van der Waals surface area contributed by atoms with Gasteiger partial charge in [-0.25, -0.2) is 0 Å². The fourth-order valence-electron chi connectivity index (χ4n) is 4.13. The Morgan fingerprint density at radius 3 is 2.52 bits per heavy atom. The van der Waals surface area contributed by atoms with Crippen LogP contribution in [0, 0.1) is 0 Å². The number of hydrogen-bond acceptors (Lipinski definition) is 5. The predicted molar refractivity (Wildman–Crippen MR) is 136 cm³/mol. The van der Waals surface area contributed by atoms with Gasteiger partial charge < -0.3 is 14.6 Å². The van der Waals surface area contributed by atoms with E-state index in [9.17, 15) is 5.11 Å². The number of nitrogens with one attached hydrogen (secondary N) is 1. The van der Waals surface area contributed by atoms with Gasteiger partial charge in [0.05, 0.1) is 18.2 Å². The summed E-state index contributed by atoms with van der Waals surface area (Å²) in [5, 5.41) is 14.6. The van der Waals surface area contributed by atoms with Crippen molar-refractivity contribution in [1.82, 2.24) is 5.32 Å². The second kappa shape index (κ2) is 10.4. The van der Waals surface area contributed by atoms with Crippen molar-refractivity contribution in [2.75, 3.05) is 13.7 Å². The number of halogens is 1. The van der Waals surface area contributed by atoms with Crippen LogP contribution in [0.5, 0.6) is 17.2 Å². The Bertz CT molecular complexity index is 1140. The molecule has 4 rings (SSSR count). The average molecular weight is 509 g/mol. The lowest BCUT2D eigenvalue weighted by Crippen LogP contribution is -2.33. The van der Waals surface area contributed by atoms with E-state index >= 15 is 0 Å². The molecule has 172 valence electrons. The number of hydrogen-bond donors (Lipinski definition) is 2. The molecule has 0 saturated carbocycles. The molecule has 0 aromatic heterocycles. The third-order valence-electron chi connectivity index (χ3n) is 5.93. The minimum absolute atomic E-state index is 0.130. The predicted octanol–water partition coefficient (Wildman–Crippen LogP) is 6.35. The first-order valence-electron chi connectivity index (χ1n) is 11.2. The molecule has 1 aliphatic rings. The second-order valence-corrected chi connectivity index (χ2v) is 8.83. The van der Waals surface area contributed by atoms with E-state index in [1.165, 1.54) is 5.56 Å². The van der Waals surface area contributed by atoms with Crippen LogP contribution in [0.4, 0.5) is 0 Å². The van der Waals surface area contributed by atoms with Gasteiger partial charge in [0, 0.05) is 23.7 Å². The summed E-state index contributed by atoms with van der Waals surface area (Å²) in [6.07, 6.45) is 1.38. The van der Waals surface area contributed by atoms with E-state index in [0.29, 0.717) is 18.8 Å². The lowest BCUT2D eigenvalue weighted by Gasteiger charge is -2.31. The summed E-state index contributed by atoms with van der Waals surface area (Å²) >= 11 is 3.59. The van der Waals surface area contributed by atoms with Gasteiger partial charge in [-0.15, -0.1) is 0 Å². The van der Waals surface area contributed by atoms with E-state index in [4.69, 9.17) is 14.5 Å². The van der Waals surface area contributed by atoms with Crippen molar-refractivity contribution in [2.24, 2.45) is 4.99 Å². The molecule has 0 bridgehead atoms. The van der Waals surface area contributed by atoms with Crippen LogP contribution >= 0.6 is 15.9 Å². The van der Waals surface area contributed by atoms with Crippen LogP contribution < -0.4 is 14.8 Å². The fraction of sp³-hybridized carbons (Fsp3) is 0.296. The number of aromatic hydroxyl groups is 1. The summed E-state index contributed by atoms with van der Waals surface area (Å²) < 4.78 is 11.9. The zero-order valence-corrected chi connectivity index (χ0v) is 20.7. The van der Waals surface area contributed by atoms with Crippen LogP contribution in [0.1, 0.15) is 54.7 Å². The highest BCUT2D eigenvalue weighted by Crippen LogP contribution is 2.39. The summed E-state index contributed by atoms with van der Waals surface area (Å²) in [4.78, 5) is 5.07. The van der Waals surface area contributed by atoms with Gasteiger partial charge in [0.15, 0.2) is 11.5 Å². The van der Waals surface area contributed by atoms with Crippen LogP contribution in [0.25, 0.3) is 0 Å². The van der Waals surface area contributed by atoms with Crippen molar-refractivity contribution >= 4 is 21.6 Å². The molecule has 33 heavy (non-hydrogen) atoms. The first-order chi connectivity index (χ1) is 16.0. The molecule has 2 N–H and O–H groups in total. The molecule has 1 aliphatic heterocycles. The number of phenols is 1. The molecular weight excluding hydrogens is 480 g/mol. The van der Waals surface area contributed by atoms with Crippen LogP contribution in [0.2, 0.25) is 0 Å². The SMILES string of the molecule is CCOc1cccc([C@H]2CC(c3ccc(CC)cc3)=N[C@@H](c3ccc(OC)c(Br)c3)N2)c1O. The zero-order chi connectivity index (χ0) is 23.4. The Morgan fingerprint density at radius 2 is 1.85 bits per heavy atom. The molecule has 0 saturated heterocycles. The van der Waals surface area contributed by atoms with Gasteiger partial charge in [-0.3, -0.25) is 10.3 Å². The summed E-state index contributed by atoms with van der Waals surface area (Å²) in [6.45, 7) is 4.56. The van der Waals surface area contributed by atoms with Gasteiger partial charge in [-0.05, 0) is 64.2 Å². The van der Waals surface area contributed by atoms with E-state index < -0.39 is 0 Å². The number of aliphatic imine (C=N–C) groups is 1. The molecule has 2 atom stereocenters. The first kappa shape index (κ1) is 23.3. The molecule has 0 radical (unpaired) electrons. The molecule has 0 fully saturated rings. The number of rotatable bonds is 7. The normalized spacial score (nSPS) is 18.0. The number of phenolic OH excluding ortho intramolecular Hbond substituents is 1. The molecule has 3 aromatic rings. The third-order valence-corrected chi connectivity index (χ3v) is 6.55. The Hall–Kier alpha value is -2.83. The maximum atomic E-state index is 10.9. The maximum absolute atomic E-state index is 10.9. The van der Waals surface area contributed by atoms with Gasteiger partial charge in [-0.1, -0.05) is 49.4 Å². The minimum atomic E-state index is -0.276. The molecule has 6 heteroatoms. The van der Waals surface area contributed by atoms with Crippen LogP contribution in [-0.4, -0.2) is 24.5 Å². The highest BCUT2D eigenvalue weighted by atomic mass is 79.9. The van der Waals surface area contributed by atoms with Crippen LogP contribution in [0.15, 0.2) is 70.1 Å². The van der Waals surface area contributed by atoms with Crippen molar-refractivity contribution < 1.29 is 14.6 Å². The number of para-hydroxylation sites is 1. The highest BCUT2D eigenvalue weighted by molar-refractivity contribution is 9.10. The standard InChI is InChI=1S/C27H29BrN2O3/c1-4-17-9-11-18(12-10-17)22-16-23(20-7-6-8-25(26(20)31)33-5-2)30-27(29-22)19-13-14-24(32-3)21(28)15-19/h6-15,23,27,30-31H,4-5,16H2,1-3H3/t23-,27-/m1/s1. The van der Waals surface area contributed by atoms with Gasteiger partial charge >= 0.3 is 0 Å². The second-order valence-electron chi connectivity index (χ2n) is 7.97. The monoisotopic (exact) mass is 508 g/mol. The summed E-state index contributed by atoms with van der Waals surface area (Å²) in [7, 11) is 1.65. The number of benzene rings is 3. The molecule has 1 heterocycles. The Labute approximate surface area is 203 Å². The average Bonchev–Trinajstić information content (AvgIpc) is 2.85. The molecule has 5 nitrogen and oxygen atoms in total. The quantitative estimate of drug-likeness (QED) is 0.390. The summed E-state index contributed by atoms with van der Waals surface area (Å²) in [5.74, 6) is 1.44. The maximum Gasteiger partial charge on any atom is 0.162 e. The lowest BCUT2D eigenvalue weighted by molar-refractivity contribution is 0.313. The Morgan fingerprint density at radius 1 is 1.06 bits per heavy atom. The number of nitrogens with zero attached hydrogens (tertiary/aromatic N) is 1. The lowest BCUT2D eigenvalue weighted by atomic mass is 9.93. The molecule has 0 aliphatic carbocycles. The minimum Gasteiger partial charge on any atom is -0.504 e. The molecule has 0 spiro atoms. The number of methoxy groups -OCH3 is 1. The Balaban J connectivity index is 1.75. The van der Waals surface area contributed by atoms with Crippen molar-refractivity contribution in [3.8, 4) is 17.2 Å². The van der Waals surface area contributed by atoms with E-state index in [0.717, 1.165) is 39.0 Å². The molecule has 0 amide bonds. The van der Waals surface area contributed by atoms with Crippen LogP contribution in [-0.2, 0) is 6.42 Å². The van der Waals surface area contributed by atoms with E-state index in [1.54, 1.807) is 13.2 Å². The van der Waals surface area contributed by atoms with Crippen molar-refractivity contribution in [2.45, 2.75) is 38.9 Å². The number of aryl methyl sites for hydroxylation is 1. The zero-order valence-electron chi connectivity index (χ0n) is 19.1. The van der Waals surface area contributed by atoms with Crippen molar-refractivity contribution in [1.29, 1.82) is 0 Å². The molecule has 3 aromatic carbocycles. The van der Waals surface area contributed by atoms with Gasteiger partial charge in [0.2, 0.25) is 0 Å². The van der Waals surface area contributed by atoms with E-state index in [1.807, 2.05) is 37.3 Å². The van der Waals surface area contributed by atoms with Crippen molar-refractivity contribution in [3.63, 3.8) is 0 Å². The van der Waals surface area contributed by atoms with E-state index in [2.05, 4.69) is 52.4 Å². The first-order valence-corrected chi connectivity index (χ1v) is 12.0. The number of ether oxygens (including phenoxy) is 2. The topological polar surface area (TPSA) is 63.1 Å². The fourth-order valence-corrected chi connectivity index (χ4v) is 4.69. The van der Waals surface area contributed by atoms with E-state index in [-0.39, 0.29) is 18.0 Å². The Kier molecular flexibility index (Phi) is 7.36. The van der Waals surface area contributed by atoms with Crippen molar-refractivity contribution in [3.05, 3.63) is 87.4 Å². The van der Waals surface area contributed by atoms with Crippen LogP contribution in [0.3, 0.4) is 0 Å². The molecular formula is C27H29BrN2O3. The summed E-state index contributed by atoms with van der Waals surface area (Å²) in [5.41, 5.74) is 5.20. The highest BCUT2D eigenvalue weighted by Gasteiger charge is 2.29. The summed E-state index contributed by atoms with van der Waals surface area (Å²) in [6, 6.07) is 20.1. The van der Waals surface area contributed by atoms with Gasteiger partial charge in [-0.2, -0.15) is 0 Å². The van der Waals surface area contributed by atoms with Gasteiger partial charge in [0.1, 0.15) is 11.9 Å². The molecule has 0 unspecified atom stereocenters. The third kappa shape index (κ3) is 5.07. The van der Waals surface area contributed by atoms with Gasteiger partial charge in [0.25, 0.3) is 0 Å². The largest absolute Gasteiger partial charge is 0.504 e.